The highest BCUT2D eigenvalue weighted by Crippen LogP contribution is 2.09. The molecule has 0 amide bonds. The molecule has 0 saturated carbocycles. The minimum Gasteiger partial charge on any atom is -0.481 e. The Morgan fingerprint density at radius 3 is 1.56 bits per heavy atom. The summed E-state index contributed by atoms with van der Waals surface area (Å²) < 4.78 is 0. The van der Waals surface area contributed by atoms with Gasteiger partial charge in [-0.15, -0.1) is 0 Å². The van der Waals surface area contributed by atoms with Crippen LogP contribution >= 0.6 is 0 Å². The second-order valence-electron chi connectivity index (χ2n) is 4.07. The van der Waals surface area contributed by atoms with E-state index in [1.807, 2.05) is 0 Å². The lowest BCUT2D eigenvalue weighted by Gasteiger charge is -2.00. The average molecular weight is 258 g/mol. The molecule has 0 heterocycles. The number of ketones is 2. The Hall–Kier alpha value is -1.72. The number of carboxylic acids is 2. The molecule has 2 N–H and O–H groups in total. The van der Waals surface area contributed by atoms with Crippen molar-refractivity contribution in [1.82, 2.24) is 0 Å². The Balaban J connectivity index is 3.41. The van der Waals surface area contributed by atoms with E-state index in [0.717, 1.165) is 25.7 Å². The van der Waals surface area contributed by atoms with E-state index in [1.165, 1.54) is 0 Å². The number of carbonyl (C=O) groups excluding carboxylic acids is 2. The maximum Gasteiger partial charge on any atom is 0.380 e. The van der Waals surface area contributed by atoms with Gasteiger partial charge in [0.1, 0.15) is 0 Å². The number of aliphatic carboxylic acids is 2. The summed E-state index contributed by atoms with van der Waals surface area (Å²) in [6.07, 6.45) is 4.59. The molecule has 0 aliphatic carbocycles. The van der Waals surface area contributed by atoms with Crippen molar-refractivity contribution in [2.24, 2.45) is 0 Å². The topological polar surface area (TPSA) is 109 Å². The van der Waals surface area contributed by atoms with Gasteiger partial charge >= 0.3 is 17.7 Å². The molecule has 0 saturated heterocycles. The highest BCUT2D eigenvalue weighted by Gasteiger charge is 2.20. The minimum atomic E-state index is -1.70. The molecular formula is C12H18O6. The fraction of sp³-hybridized carbons (Fsp3) is 0.667. The molecule has 0 spiro atoms. The molecule has 0 aliphatic rings. The number of Topliss-reactive ketones (excluding diaryl/α,β-unsaturated/α-hetero) is 2. The second kappa shape index (κ2) is 9.32. The molecule has 0 aromatic rings. The van der Waals surface area contributed by atoms with Gasteiger partial charge in [-0.05, 0) is 12.8 Å². The van der Waals surface area contributed by atoms with Crippen molar-refractivity contribution in [3.05, 3.63) is 0 Å². The van der Waals surface area contributed by atoms with Gasteiger partial charge in [-0.25, -0.2) is 4.79 Å². The van der Waals surface area contributed by atoms with Crippen LogP contribution in [0.1, 0.15) is 51.4 Å². The van der Waals surface area contributed by atoms with Gasteiger partial charge in [0.2, 0.25) is 5.78 Å². The van der Waals surface area contributed by atoms with Crippen LogP contribution < -0.4 is 0 Å². The number of carbonyl (C=O) groups is 4. The third-order valence-corrected chi connectivity index (χ3v) is 2.49. The van der Waals surface area contributed by atoms with Gasteiger partial charge in [0.25, 0.3) is 0 Å². The first-order valence-electron chi connectivity index (χ1n) is 5.97. The molecule has 102 valence electrons. The highest BCUT2D eigenvalue weighted by atomic mass is 16.4. The monoisotopic (exact) mass is 258 g/mol. The van der Waals surface area contributed by atoms with Crippen LogP contribution in [0.2, 0.25) is 0 Å². The third kappa shape index (κ3) is 8.43. The van der Waals surface area contributed by atoms with Crippen LogP contribution in [0.3, 0.4) is 0 Å². The Morgan fingerprint density at radius 2 is 1.11 bits per heavy atom. The van der Waals surface area contributed by atoms with E-state index in [2.05, 4.69) is 0 Å². The van der Waals surface area contributed by atoms with E-state index in [4.69, 9.17) is 10.2 Å². The van der Waals surface area contributed by atoms with Crippen LogP contribution in [0.4, 0.5) is 0 Å². The predicted octanol–water partition coefficient (Wildman–Crippen LogP) is 1.41. The van der Waals surface area contributed by atoms with Crippen molar-refractivity contribution >= 4 is 23.5 Å². The van der Waals surface area contributed by atoms with E-state index in [0.29, 0.717) is 12.8 Å². The quantitative estimate of drug-likeness (QED) is 0.329. The summed E-state index contributed by atoms with van der Waals surface area (Å²) in [5, 5.41) is 16.7. The first-order chi connectivity index (χ1) is 8.45. The molecule has 6 nitrogen and oxygen atoms in total. The van der Waals surface area contributed by atoms with Crippen LogP contribution in [0.15, 0.2) is 0 Å². The van der Waals surface area contributed by atoms with Gasteiger partial charge in [0, 0.05) is 12.8 Å². The van der Waals surface area contributed by atoms with Crippen LogP contribution in [-0.4, -0.2) is 33.7 Å². The smallest absolute Gasteiger partial charge is 0.380 e. The summed E-state index contributed by atoms with van der Waals surface area (Å²) in [5.41, 5.74) is 0. The molecule has 0 aromatic carbocycles. The molecular weight excluding hydrogens is 240 g/mol. The Morgan fingerprint density at radius 1 is 0.667 bits per heavy atom. The summed E-state index contributed by atoms with van der Waals surface area (Å²) >= 11 is 0. The normalized spacial score (nSPS) is 10.0. The zero-order chi connectivity index (χ0) is 14.0. The maximum absolute atomic E-state index is 11.0. The molecule has 0 unspecified atom stereocenters. The molecule has 18 heavy (non-hydrogen) atoms. The first kappa shape index (κ1) is 16.3. The van der Waals surface area contributed by atoms with E-state index in [1.54, 1.807) is 0 Å². The van der Waals surface area contributed by atoms with E-state index in [9.17, 15) is 19.2 Å². The zero-order valence-electron chi connectivity index (χ0n) is 10.2. The summed E-state index contributed by atoms with van der Waals surface area (Å²) in [6.45, 7) is 0. The second-order valence-corrected chi connectivity index (χ2v) is 4.07. The van der Waals surface area contributed by atoms with Crippen molar-refractivity contribution in [3.8, 4) is 0 Å². The minimum absolute atomic E-state index is 0.0275. The standard InChI is InChI=1S/C12H18O6/c13-9(11(16)12(17)18)7-5-3-1-2-4-6-8-10(14)15/h1-8H2,(H,14,15)(H,17,18). The van der Waals surface area contributed by atoms with Gasteiger partial charge < -0.3 is 10.2 Å². The molecule has 0 aromatic heterocycles. The Kier molecular flexibility index (Phi) is 8.43. The van der Waals surface area contributed by atoms with E-state index < -0.39 is 23.5 Å². The van der Waals surface area contributed by atoms with Gasteiger partial charge in [-0.2, -0.15) is 0 Å². The molecule has 0 aliphatic heterocycles. The Labute approximate surface area is 105 Å². The number of hydrogen-bond acceptors (Lipinski definition) is 4. The van der Waals surface area contributed by atoms with Gasteiger partial charge in [-0.3, -0.25) is 14.4 Å². The number of rotatable bonds is 11. The number of unbranched alkanes of at least 4 members (excludes halogenated alkanes) is 5. The maximum atomic E-state index is 11.0. The SMILES string of the molecule is O=C(O)CCCCCCCCC(=O)C(=O)C(=O)O. The summed E-state index contributed by atoms with van der Waals surface area (Å²) in [7, 11) is 0. The van der Waals surface area contributed by atoms with Crippen molar-refractivity contribution in [2.75, 3.05) is 0 Å². The van der Waals surface area contributed by atoms with E-state index in [-0.39, 0.29) is 12.8 Å². The molecule has 0 atom stereocenters. The van der Waals surface area contributed by atoms with Crippen molar-refractivity contribution in [2.45, 2.75) is 51.4 Å². The lowest BCUT2D eigenvalue weighted by Crippen LogP contribution is -2.22. The van der Waals surface area contributed by atoms with Crippen LogP contribution in [-0.2, 0) is 19.2 Å². The largest absolute Gasteiger partial charge is 0.481 e. The number of hydrogen-bond donors (Lipinski definition) is 2. The van der Waals surface area contributed by atoms with Crippen molar-refractivity contribution < 1.29 is 29.4 Å². The first-order valence-corrected chi connectivity index (χ1v) is 5.97. The summed E-state index contributed by atoms with van der Waals surface area (Å²) in [5.74, 6) is -4.70. The lowest BCUT2D eigenvalue weighted by atomic mass is 10.1. The lowest BCUT2D eigenvalue weighted by molar-refractivity contribution is -0.153. The third-order valence-electron chi connectivity index (χ3n) is 2.49. The zero-order valence-corrected chi connectivity index (χ0v) is 10.2. The molecule has 0 bridgehead atoms. The fourth-order valence-electron chi connectivity index (χ4n) is 1.50. The summed E-state index contributed by atoms with van der Waals surface area (Å²) in [6, 6.07) is 0. The fourth-order valence-corrected chi connectivity index (χ4v) is 1.50. The predicted molar refractivity (Wildman–Crippen MR) is 62.2 cm³/mol. The highest BCUT2D eigenvalue weighted by molar-refractivity contribution is 6.61. The van der Waals surface area contributed by atoms with Gasteiger partial charge in [0.15, 0.2) is 0 Å². The molecule has 0 radical (unpaired) electrons. The molecule has 6 heteroatoms. The molecule has 0 rings (SSSR count). The van der Waals surface area contributed by atoms with Crippen molar-refractivity contribution in [1.29, 1.82) is 0 Å². The van der Waals surface area contributed by atoms with Gasteiger partial charge in [-0.1, -0.05) is 25.7 Å². The van der Waals surface area contributed by atoms with Gasteiger partial charge in [0.05, 0.1) is 0 Å². The van der Waals surface area contributed by atoms with Crippen LogP contribution in [0.25, 0.3) is 0 Å². The Bertz CT molecular complexity index is 321. The molecule has 0 fully saturated rings. The van der Waals surface area contributed by atoms with Crippen LogP contribution in [0.5, 0.6) is 0 Å². The summed E-state index contributed by atoms with van der Waals surface area (Å²) in [4.78, 5) is 42.1. The van der Waals surface area contributed by atoms with E-state index >= 15 is 0 Å². The van der Waals surface area contributed by atoms with Crippen molar-refractivity contribution in [3.63, 3.8) is 0 Å². The number of carboxylic acid groups (broad SMARTS) is 2. The van der Waals surface area contributed by atoms with Crippen LogP contribution in [0, 0.1) is 0 Å². The average Bonchev–Trinajstić information content (AvgIpc) is 2.30.